The van der Waals surface area contributed by atoms with Gasteiger partial charge in [0, 0.05) is 57.4 Å². The third-order valence-electron chi connectivity index (χ3n) is 10.5. The molecule has 0 saturated carbocycles. The SMILES string of the molecule is COC(=O)[C@H](Cc1ccccc1)NC(=O)NCc1ccccc1-c1ccc([C@H]2O[C@@H](CN3CCC4(CC3)OCCO4)C[C@@H](c3ccc(CO)cc3)O2)cc1. The number of benzene rings is 4. The molecule has 2 amide bonds. The summed E-state index contributed by atoms with van der Waals surface area (Å²) in [6.07, 6.45) is 1.91. The second kappa shape index (κ2) is 17.7. The molecule has 0 bridgehead atoms. The summed E-state index contributed by atoms with van der Waals surface area (Å²) in [5.41, 5.74) is 6.61. The number of hydrogen-bond donors (Lipinski definition) is 3. The fourth-order valence-electron chi connectivity index (χ4n) is 7.53. The molecular weight excluding hydrogens is 686 g/mol. The van der Waals surface area contributed by atoms with Crippen LogP contribution in [-0.4, -0.2) is 79.9 Å². The number of ether oxygens (including phenoxy) is 5. The number of nitrogens with zero attached hydrogens (tertiary/aromatic N) is 1. The zero-order valence-electron chi connectivity index (χ0n) is 30.7. The number of aliphatic hydroxyl groups is 1. The number of hydrogen-bond acceptors (Lipinski definition) is 9. The Labute approximate surface area is 316 Å². The Balaban J connectivity index is 1.02. The minimum absolute atomic E-state index is 0.00655. The molecule has 11 heteroatoms. The number of aliphatic hydroxyl groups excluding tert-OH is 1. The van der Waals surface area contributed by atoms with Gasteiger partial charge in [0.2, 0.25) is 0 Å². The summed E-state index contributed by atoms with van der Waals surface area (Å²) in [5, 5.41) is 15.3. The second-order valence-electron chi connectivity index (χ2n) is 14.1. The van der Waals surface area contributed by atoms with Crippen molar-refractivity contribution in [2.45, 2.75) is 69.2 Å². The molecule has 4 aromatic carbocycles. The van der Waals surface area contributed by atoms with E-state index in [1.54, 1.807) is 0 Å². The predicted molar refractivity (Wildman–Crippen MR) is 202 cm³/mol. The van der Waals surface area contributed by atoms with Gasteiger partial charge in [-0.2, -0.15) is 0 Å². The van der Waals surface area contributed by atoms with Gasteiger partial charge < -0.3 is 44.3 Å². The molecule has 3 aliphatic heterocycles. The van der Waals surface area contributed by atoms with Crippen molar-refractivity contribution in [3.05, 3.63) is 131 Å². The summed E-state index contributed by atoms with van der Waals surface area (Å²) in [6, 6.07) is 32.2. The Kier molecular flexibility index (Phi) is 12.3. The fourth-order valence-corrected chi connectivity index (χ4v) is 7.53. The highest BCUT2D eigenvalue weighted by atomic mass is 16.7. The van der Waals surface area contributed by atoms with Crippen LogP contribution in [0.2, 0.25) is 0 Å². The van der Waals surface area contributed by atoms with E-state index in [9.17, 15) is 14.7 Å². The van der Waals surface area contributed by atoms with Crippen LogP contribution in [0.5, 0.6) is 0 Å². The number of urea groups is 1. The maximum atomic E-state index is 13.0. The number of nitrogens with one attached hydrogen (secondary N) is 2. The van der Waals surface area contributed by atoms with Gasteiger partial charge in [-0.05, 0) is 33.4 Å². The molecule has 7 rings (SSSR count). The number of amides is 2. The number of esters is 1. The van der Waals surface area contributed by atoms with Crippen LogP contribution in [0.4, 0.5) is 4.79 Å². The van der Waals surface area contributed by atoms with Gasteiger partial charge in [0.1, 0.15) is 6.04 Å². The number of likely N-dealkylation sites (tertiary alicyclic amines) is 1. The van der Waals surface area contributed by atoms with E-state index in [1.807, 2.05) is 91.0 Å². The highest BCUT2D eigenvalue weighted by Gasteiger charge is 2.41. The quantitative estimate of drug-likeness (QED) is 0.155. The molecule has 3 fully saturated rings. The van der Waals surface area contributed by atoms with E-state index in [1.165, 1.54) is 7.11 Å². The summed E-state index contributed by atoms with van der Waals surface area (Å²) in [7, 11) is 1.31. The summed E-state index contributed by atoms with van der Waals surface area (Å²) >= 11 is 0. The van der Waals surface area contributed by atoms with Crippen molar-refractivity contribution >= 4 is 12.0 Å². The molecule has 54 heavy (non-hydrogen) atoms. The monoisotopic (exact) mass is 735 g/mol. The summed E-state index contributed by atoms with van der Waals surface area (Å²) in [5.74, 6) is -0.933. The standard InChI is InChI=1S/C43H49N3O8/c1-50-40(48)38(25-30-7-3-2-4-8-30)45-42(49)44-27-35-9-5-6-10-37(35)32-15-17-34(18-16-32)41-53-36(26-39(54-41)33-13-11-31(29-47)12-14-33)28-46-21-19-43(20-22-46)51-23-24-52-43/h2-18,36,38-39,41,47H,19-29H2,1H3,(H2,44,45,49)/t36-,38+,39+,41+/m1/s1. The topological polar surface area (TPSA) is 128 Å². The van der Waals surface area contributed by atoms with Crippen molar-refractivity contribution in [2.24, 2.45) is 0 Å². The first-order valence-corrected chi connectivity index (χ1v) is 18.8. The normalized spacial score (nSPS) is 21.7. The lowest BCUT2D eigenvalue weighted by Crippen LogP contribution is -2.48. The van der Waals surface area contributed by atoms with Crippen molar-refractivity contribution in [1.29, 1.82) is 0 Å². The molecule has 3 N–H and O–H groups in total. The number of carbonyl (C=O) groups excluding carboxylic acids is 2. The van der Waals surface area contributed by atoms with Crippen molar-refractivity contribution in [3.63, 3.8) is 0 Å². The minimum Gasteiger partial charge on any atom is -0.467 e. The van der Waals surface area contributed by atoms with Gasteiger partial charge in [-0.15, -0.1) is 0 Å². The van der Waals surface area contributed by atoms with Crippen LogP contribution in [0.15, 0.2) is 103 Å². The van der Waals surface area contributed by atoms with Crippen LogP contribution in [0, 0.1) is 0 Å². The molecule has 4 atom stereocenters. The van der Waals surface area contributed by atoms with Crippen molar-refractivity contribution < 1.29 is 38.4 Å². The molecule has 0 unspecified atom stereocenters. The Morgan fingerprint density at radius 3 is 2.24 bits per heavy atom. The third kappa shape index (κ3) is 9.35. The smallest absolute Gasteiger partial charge is 0.328 e. The number of rotatable bonds is 12. The largest absolute Gasteiger partial charge is 0.467 e. The van der Waals surface area contributed by atoms with Crippen molar-refractivity contribution in [1.82, 2.24) is 15.5 Å². The average molecular weight is 736 g/mol. The highest BCUT2D eigenvalue weighted by Crippen LogP contribution is 2.40. The lowest BCUT2D eigenvalue weighted by atomic mass is 9.97. The van der Waals surface area contributed by atoms with Crippen molar-refractivity contribution in [2.75, 3.05) is 40.0 Å². The molecule has 4 aromatic rings. The molecule has 3 aliphatic rings. The Morgan fingerprint density at radius 1 is 0.852 bits per heavy atom. The Bertz CT molecular complexity index is 1820. The van der Waals surface area contributed by atoms with Gasteiger partial charge in [-0.25, -0.2) is 9.59 Å². The van der Waals surface area contributed by atoms with Crippen molar-refractivity contribution in [3.8, 4) is 11.1 Å². The van der Waals surface area contributed by atoms with Gasteiger partial charge in [0.25, 0.3) is 0 Å². The lowest BCUT2D eigenvalue weighted by molar-refractivity contribution is -0.255. The Hall–Kier alpha value is -4.62. The predicted octanol–water partition coefficient (Wildman–Crippen LogP) is 5.81. The van der Waals surface area contributed by atoms with E-state index >= 15 is 0 Å². The van der Waals surface area contributed by atoms with Gasteiger partial charge in [-0.3, -0.25) is 0 Å². The summed E-state index contributed by atoms with van der Waals surface area (Å²) in [6.45, 7) is 4.11. The third-order valence-corrected chi connectivity index (χ3v) is 10.5. The molecule has 3 saturated heterocycles. The first kappa shape index (κ1) is 37.7. The minimum atomic E-state index is -0.823. The van der Waals surface area contributed by atoms with E-state index in [0.29, 0.717) is 26.1 Å². The van der Waals surface area contributed by atoms with Gasteiger partial charge in [0.15, 0.2) is 12.1 Å². The van der Waals surface area contributed by atoms with E-state index in [0.717, 1.165) is 71.4 Å². The molecule has 11 nitrogen and oxygen atoms in total. The van der Waals surface area contributed by atoms with Gasteiger partial charge >= 0.3 is 12.0 Å². The zero-order chi connectivity index (χ0) is 37.3. The molecule has 0 aliphatic carbocycles. The number of carbonyl (C=O) groups is 2. The van der Waals surface area contributed by atoms with E-state index in [4.69, 9.17) is 23.7 Å². The maximum absolute atomic E-state index is 13.0. The van der Waals surface area contributed by atoms with Crippen LogP contribution in [-0.2, 0) is 48.1 Å². The first-order chi connectivity index (χ1) is 26.4. The molecule has 0 aromatic heterocycles. The molecule has 1 spiro atoms. The summed E-state index contributed by atoms with van der Waals surface area (Å²) < 4.78 is 30.1. The molecule has 3 heterocycles. The molecule has 0 radical (unpaired) electrons. The highest BCUT2D eigenvalue weighted by molar-refractivity contribution is 5.84. The number of methoxy groups -OCH3 is 1. The second-order valence-corrected chi connectivity index (χ2v) is 14.1. The fraction of sp³-hybridized carbons (Fsp3) is 0.395. The van der Waals surface area contributed by atoms with Crippen LogP contribution >= 0.6 is 0 Å². The molecular formula is C43H49N3O8. The van der Waals surface area contributed by atoms with Gasteiger partial charge in [0.05, 0.1) is 39.1 Å². The zero-order valence-corrected chi connectivity index (χ0v) is 30.7. The van der Waals surface area contributed by atoms with Gasteiger partial charge in [-0.1, -0.05) is 103 Å². The van der Waals surface area contributed by atoms with Crippen LogP contribution in [0.3, 0.4) is 0 Å². The van der Waals surface area contributed by atoms with E-state index < -0.39 is 30.1 Å². The summed E-state index contributed by atoms with van der Waals surface area (Å²) in [4.78, 5) is 27.9. The van der Waals surface area contributed by atoms with E-state index in [-0.39, 0.29) is 25.4 Å². The lowest BCUT2D eigenvalue weighted by Gasteiger charge is -2.41. The maximum Gasteiger partial charge on any atom is 0.328 e. The number of piperidine rings is 1. The molecule has 284 valence electrons. The van der Waals surface area contributed by atoms with Crippen LogP contribution in [0.25, 0.3) is 11.1 Å². The first-order valence-electron chi connectivity index (χ1n) is 18.8. The van der Waals surface area contributed by atoms with Crippen LogP contribution < -0.4 is 10.6 Å². The Morgan fingerprint density at radius 2 is 1.54 bits per heavy atom. The van der Waals surface area contributed by atoms with Crippen LogP contribution in [0.1, 0.15) is 59.5 Å². The van der Waals surface area contributed by atoms with E-state index in [2.05, 4.69) is 27.7 Å². The average Bonchev–Trinajstić information content (AvgIpc) is 3.68.